The summed E-state index contributed by atoms with van der Waals surface area (Å²) in [4.78, 5) is 38.2. The average Bonchev–Trinajstić information content (AvgIpc) is 3.39. The standard InChI is InChI=1S/C18H23N3O3/c1-3-11-20-17(23)13-7-5-6-8-15(13)21(18(20)24)14(4-2)16(22)19-12-9-10-12/h5-8,12,14H,3-4,9-11H2,1-2H3,(H,19,22)/t14-/m0/s1. The molecule has 24 heavy (non-hydrogen) atoms. The minimum atomic E-state index is -0.605. The zero-order valence-electron chi connectivity index (χ0n) is 14.1. The van der Waals surface area contributed by atoms with E-state index in [2.05, 4.69) is 5.32 Å². The molecule has 0 spiro atoms. The zero-order chi connectivity index (χ0) is 17.3. The maximum Gasteiger partial charge on any atom is 0.332 e. The second-order valence-corrected chi connectivity index (χ2v) is 6.33. The van der Waals surface area contributed by atoms with Crippen molar-refractivity contribution < 1.29 is 4.79 Å². The van der Waals surface area contributed by atoms with E-state index in [1.807, 2.05) is 13.8 Å². The van der Waals surface area contributed by atoms with Gasteiger partial charge in [0.1, 0.15) is 6.04 Å². The van der Waals surface area contributed by atoms with Gasteiger partial charge in [-0.25, -0.2) is 4.79 Å². The van der Waals surface area contributed by atoms with Crippen LogP contribution in [0.5, 0.6) is 0 Å². The Bertz CT molecular complexity index is 877. The van der Waals surface area contributed by atoms with Gasteiger partial charge < -0.3 is 5.32 Å². The van der Waals surface area contributed by atoms with Crippen LogP contribution in [0.2, 0.25) is 0 Å². The second-order valence-electron chi connectivity index (χ2n) is 6.33. The maximum atomic E-state index is 12.9. The molecule has 6 nitrogen and oxygen atoms in total. The number of fused-ring (bicyclic) bond motifs is 1. The van der Waals surface area contributed by atoms with Crippen molar-refractivity contribution in [3.63, 3.8) is 0 Å². The fraction of sp³-hybridized carbons (Fsp3) is 0.500. The van der Waals surface area contributed by atoms with Crippen LogP contribution in [0.15, 0.2) is 33.9 Å². The Balaban J connectivity index is 2.22. The molecule has 1 amide bonds. The third kappa shape index (κ3) is 2.88. The Hall–Kier alpha value is -2.37. The van der Waals surface area contributed by atoms with E-state index in [1.54, 1.807) is 24.3 Å². The summed E-state index contributed by atoms with van der Waals surface area (Å²) in [5, 5.41) is 3.45. The molecule has 2 aromatic rings. The second kappa shape index (κ2) is 6.63. The summed E-state index contributed by atoms with van der Waals surface area (Å²) >= 11 is 0. The monoisotopic (exact) mass is 329 g/mol. The van der Waals surface area contributed by atoms with Crippen molar-refractivity contribution >= 4 is 16.8 Å². The fourth-order valence-electron chi connectivity index (χ4n) is 3.06. The molecule has 0 unspecified atom stereocenters. The summed E-state index contributed by atoms with van der Waals surface area (Å²) in [5.74, 6) is -0.144. The summed E-state index contributed by atoms with van der Waals surface area (Å²) in [6, 6.07) is 6.64. The average molecular weight is 329 g/mol. The smallest absolute Gasteiger partial charge is 0.332 e. The van der Waals surface area contributed by atoms with Gasteiger partial charge in [-0.1, -0.05) is 26.0 Å². The number of nitrogens with one attached hydrogen (secondary N) is 1. The van der Waals surface area contributed by atoms with E-state index in [1.165, 1.54) is 9.13 Å². The minimum Gasteiger partial charge on any atom is -0.352 e. The summed E-state index contributed by atoms with van der Waals surface area (Å²) in [5.41, 5.74) is -0.165. The van der Waals surface area contributed by atoms with Crippen molar-refractivity contribution in [3.05, 3.63) is 45.1 Å². The van der Waals surface area contributed by atoms with Crippen LogP contribution in [0.1, 0.15) is 45.6 Å². The molecule has 0 aliphatic heterocycles. The van der Waals surface area contributed by atoms with Crippen LogP contribution in [-0.4, -0.2) is 21.1 Å². The van der Waals surface area contributed by atoms with E-state index in [0.29, 0.717) is 30.3 Å². The number of carbonyl (C=O) groups excluding carboxylic acids is 1. The van der Waals surface area contributed by atoms with Crippen LogP contribution in [0.3, 0.4) is 0 Å². The number of amides is 1. The van der Waals surface area contributed by atoms with E-state index < -0.39 is 11.7 Å². The molecule has 1 atom stereocenters. The van der Waals surface area contributed by atoms with Crippen LogP contribution < -0.4 is 16.6 Å². The molecular weight excluding hydrogens is 306 g/mol. The van der Waals surface area contributed by atoms with Gasteiger partial charge in [-0.15, -0.1) is 0 Å². The highest BCUT2D eigenvalue weighted by molar-refractivity contribution is 5.84. The number of nitrogens with zero attached hydrogens (tertiary/aromatic N) is 2. The molecule has 3 rings (SSSR count). The van der Waals surface area contributed by atoms with Crippen molar-refractivity contribution in [2.24, 2.45) is 0 Å². The highest BCUT2D eigenvalue weighted by Crippen LogP contribution is 2.22. The lowest BCUT2D eigenvalue weighted by molar-refractivity contribution is -0.124. The summed E-state index contributed by atoms with van der Waals surface area (Å²) in [6.45, 7) is 4.15. The first-order valence-electron chi connectivity index (χ1n) is 8.62. The Kier molecular flexibility index (Phi) is 4.55. The fourth-order valence-corrected chi connectivity index (χ4v) is 3.06. The lowest BCUT2D eigenvalue weighted by Crippen LogP contribution is -2.45. The first-order valence-corrected chi connectivity index (χ1v) is 8.62. The molecule has 0 bridgehead atoms. The van der Waals surface area contributed by atoms with Gasteiger partial charge >= 0.3 is 5.69 Å². The van der Waals surface area contributed by atoms with Gasteiger partial charge in [0, 0.05) is 12.6 Å². The normalized spacial score (nSPS) is 15.4. The van der Waals surface area contributed by atoms with Crippen molar-refractivity contribution in [2.75, 3.05) is 0 Å². The molecule has 6 heteroatoms. The van der Waals surface area contributed by atoms with Gasteiger partial charge in [0.15, 0.2) is 0 Å². The maximum absolute atomic E-state index is 12.9. The van der Waals surface area contributed by atoms with Crippen molar-refractivity contribution in [1.82, 2.24) is 14.5 Å². The quantitative estimate of drug-likeness (QED) is 0.878. The summed E-state index contributed by atoms with van der Waals surface area (Å²) < 4.78 is 2.74. The number of hydrogen-bond acceptors (Lipinski definition) is 3. The molecule has 1 fully saturated rings. The first kappa shape index (κ1) is 16.5. The SMILES string of the molecule is CCCn1c(=O)c2ccccc2n([C@@H](CC)C(=O)NC2CC2)c1=O. The van der Waals surface area contributed by atoms with E-state index >= 15 is 0 Å². The third-order valence-electron chi connectivity index (χ3n) is 4.45. The highest BCUT2D eigenvalue weighted by atomic mass is 16.2. The first-order chi connectivity index (χ1) is 11.6. The largest absolute Gasteiger partial charge is 0.352 e. The Morgan fingerprint density at radius 2 is 1.96 bits per heavy atom. The Morgan fingerprint density at radius 3 is 2.58 bits per heavy atom. The predicted octanol–water partition coefficient (Wildman–Crippen LogP) is 1.80. The lowest BCUT2D eigenvalue weighted by atomic mass is 10.1. The molecule has 0 saturated heterocycles. The zero-order valence-corrected chi connectivity index (χ0v) is 14.1. The molecule has 1 aromatic heterocycles. The molecule has 1 N–H and O–H groups in total. The topological polar surface area (TPSA) is 73.1 Å². The van der Waals surface area contributed by atoms with Gasteiger partial charge in [-0.3, -0.25) is 18.7 Å². The van der Waals surface area contributed by atoms with Gasteiger partial charge in [0.25, 0.3) is 5.56 Å². The summed E-state index contributed by atoms with van der Waals surface area (Å²) in [7, 11) is 0. The third-order valence-corrected chi connectivity index (χ3v) is 4.45. The van der Waals surface area contributed by atoms with E-state index in [9.17, 15) is 14.4 Å². The molecule has 1 saturated carbocycles. The van der Waals surface area contributed by atoms with Crippen LogP contribution in [-0.2, 0) is 11.3 Å². The minimum absolute atomic E-state index is 0.144. The number of hydrogen-bond donors (Lipinski definition) is 1. The summed E-state index contributed by atoms with van der Waals surface area (Å²) in [6.07, 6.45) is 3.16. The van der Waals surface area contributed by atoms with E-state index in [-0.39, 0.29) is 17.5 Å². The molecular formula is C18H23N3O3. The molecule has 1 heterocycles. The van der Waals surface area contributed by atoms with Crippen LogP contribution in [0.4, 0.5) is 0 Å². The highest BCUT2D eigenvalue weighted by Gasteiger charge is 2.29. The van der Waals surface area contributed by atoms with Gasteiger partial charge in [-0.05, 0) is 37.8 Å². The number of benzene rings is 1. The van der Waals surface area contributed by atoms with Crippen molar-refractivity contribution in [1.29, 1.82) is 0 Å². The molecule has 128 valence electrons. The molecule has 1 aliphatic carbocycles. The Labute approximate surface area is 140 Å². The van der Waals surface area contributed by atoms with Gasteiger partial charge in [0.2, 0.25) is 5.91 Å². The lowest BCUT2D eigenvalue weighted by Gasteiger charge is -2.21. The van der Waals surface area contributed by atoms with Crippen LogP contribution in [0, 0.1) is 0 Å². The number of carbonyl (C=O) groups is 1. The van der Waals surface area contributed by atoms with Crippen molar-refractivity contribution in [2.45, 2.75) is 58.2 Å². The molecule has 1 aromatic carbocycles. The number of rotatable bonds is 6. The number of aromatic nitrogens is 2. The molecule has 1 aliphatic rings. The van der Waals surface area contributed by atoms with Crippen LogP contribution in [0.25, 0.3) is 10.9 Å². The van der Waals surface area contributed by atoms with Gasteiger partial charge in [-0.2, -0.15) is 0 Å². The van der Waals surface area contributed by atoms with Crippen molar-refractivity contribution in [3.8, 4) is 0 Å². The number of para-hydroxylation sites is 1. The predicted molar refractivity (Wildman–Crippen MR) is 93.3 cm³/mol. The van der Waals surface area contributed by atoms with E-state index in [0.717, 1.165) is 12.8 Å². The van der Waals surface area contributed by atoms with E-state index in [4.69, 9.17) is 0 Å². The Morgan fingerprint density at radius 1 is 1.25 bits per heavy atom. The molecule has 0 radical (unpaired) electrons. The van der Waals surface area contributed by atoms with Gasteiger partial charge in [0.05, 0.1) is 10.9 Å². The van der Waals surface area contributed by atoms with Crippen LogP contribution >= 0.6 is 0 Å².